The highest BCUT2D eigenvalue weighted by atomic mass is 35.5. The molecule has 14 heteroatoms. The lowest BCUT2D eigenvalue weighted by atomic mass is 10.1. The minimum Gasteiger partial charge on any atom is -0.380 e. The number of nitrogens with one attached hydrogen (secondary N) is 1. The van der Waals surface area contributed by atoms with E-state index in [0.717, 1.165) is 5.57 Å². The predicted molar refractivity (Wildman–Crippen MR) is 144 cm³/mol. The predicted octanol–water partition coefficient (Wildman–Crippen LogP) is 4.68. The maximum Gasteiger partial charge on any atom is 0.255 e. The van der Waals surface area contributed by atoms with Crippen LogP contribution in [0, 0.1) is 5.82 Å². The molecule has 0 amide bonds. The Morgan fingerprint density at radius 2 is 2.00 bits per heavy atom. The number of nitrogens with zero attached hydrogens (tertiary/aromatic N) is 7. The van der Waals surface area contributed by atoms with Crippen molar-refractivity contribution in [3.05, 3.63) is 98.4 Å². The molecule has 11 nitrogen and oxygen atoms in total. The molecule has 0 bridgehead atoms. The maximum absolute atomic E-state index is 15.2. The first-order chi connectivity index (χ1) is 19.4. The summed E-state index contributed by atoms with van der Waals surface area (Å²) in [4.78, 5) is 26.1. The average molecular weight is 574 g/mol. The Morgan fingerprint density at radius 1 is 1.12 bits per heavy atom. The highest BCUT2D eigenvalue weighted by Crippen LogP contribution is 2.53. The summed E-state index contributed by atoms with van der Waals surface area (Å²) in [5, 5.41) is 12.6. The molecule has 0 spiro atoms. The summed E-state index contributed by atoms with van der Waals surface area (Å²) in [5.74, 6) is 0.451. The van der Waals surface area contributed by atoms with E-state index >= 15 is 4.39 Å². The number of aromatic nitrogens is 8. The van der Waals surface area contributed by atoms with Gasteiger partial charge in [-0.25, -0.2) is 19.0 Å². The number of imidazole rings is 1. The fourth-order valence-corrected chi connectivity index (χ4v) is 5.57. The van der Waals surface area contributed by atoms with Gasteiger partial charge in [0.2, 0.25) is 5.58 Å². The molecule has 2 atom stereocenters. The first-order valence-electron chi connectivity index (χ1n) is 12.0. The molecule has 0 saturated carbocycles. The second-order valence-electron chi connectivity index (χ2n) is 9.46. The molecule has 2 unspecified atom stereocenters. The second-order valence-corrected chi connectivity index (χ2v) is 10.3. The molecule has 0 saturated heterocycles. The van der Waals surface area contributed by atoms with E-state index < -0.39 is 11.9 Å². The Morgan fingerprint density at radius 3 is 2.83 bits per heavy atom. The number of H-pyrrole nitrogens is 1. The van der Waals surface area contributed by atoms with Crippen molar-refractivity contribution >= 4 is 40.0 Å². The van der Waals surface area contributed by atoms with Crippen LogP contribution in [-0.4, -0.2) is 39.7 Å². The van der Waals surface area contributed by atoms with Crippen LogP contribution in [0.5, 0.6) is 0 Å². The zero-order valence-electron chi connectivity index (χ0n) is 20.0. The largest absolute Gasteiger partial charge is 0.380 e. The summed E-state index contributed by atoms with van der Waals surface area (Å²) in [6, 6.07) is 9.34. The van der Waals surface area contributed by atoms with Crippen LogP contribution in [0.3, 0.4) is 0 Å². The molecule has 2 aliphatic rings. The summed E-state index contributed by atoms with van der Waals surface area (Å²) in [6.07, 6.45) is 5.10. The summed E-state index contributed by atoms with van der Waals surface area (Å²) in [6.45, 7) is 0. The van der Waals surface area contributed by atoms with E-state index in [2.05, 4.69) is 25.4 Å². The zero-order chi connectivity index (χ0) is 27.3. The molecule has 2 aromatic carbocycles. The molecule has 5 heterocycles. The summed E-state index contributed by atoms with van der Waals surface area (Å²) >= 11 is 12.3. The van der Waals surface area contributed by atoms with Crippen LogP contribution in [0.2, 0.25) is 10.2 Å². The Labute approximate surface area is 232 Å². The highest BCUT2D eigenvalue weighted by molar-refractivity contribution is 6.31. The van der Waals surface area contributed by atoms with Crippen LogP contribution in [0.4, 0.5) is 10.2 Å². The van der Waals surface area contributed by atoms with Gasteiger partial charge in [-0.05, 0) is 35.9 Å². The van der Waals surface area contributed by atoms with E-state index in [1.165, 1.54) is 16.9 Å². The Kier molecular flexibility index (Phi) is 4.68. The van der Waals surface area contributed by atoms with Gasteiger partial charge in [0.1, 0.15) is 17.7 Å². The van der Waals surface area contributed by atoms with E-state index in [1.54, 1.807) is 41.1 Å². The van der Waals surface area contributed by atoms with E-state index in [0.29, 0.717) is 44.7 Å². The van der Waals surface area contributed by atoms with Crippen molar-refractivity contribution in [1.82, 2.24) is 39.7 Å². The number of anilines is 1. The minimum absolute atomic E-state index is 0.0381. The number of nitrogen functional groups attached to an aromatic ring is 1. The number of aromatic amines is 1. The third kappa shape index (κ3) is 3.29. The highest BCUT2D eigenvalue weighted by Gasteiger charge is 2.47. The first kappa shape index (κ1) is 23.1. The van der Waals surface area contributed by atoms with Crippen molar-refractivity contribution in [3.8, 4) is 28.2 Å². The Bertz CT molecular complexity index is 2130. The average Bonchev–Trinajstić information content (AvgIpc) is 3.29. The monoisotopic (exact) mass is 573 g/mol. The normalized spacial score (nSPS) is 17.2. The standard InChI is InChI=1S/C26H14Cl2FN9O2/c27-10-1-4-18(37-9-19(28)34-36-37)15(5-10)16-7-20(39)38-22(13-6-14(13)26(38)33-16)25-31-8-17(32-25)11-2-3-12-23(21(11)29)40-35-24(12)30/h1-9,14,22H,(H2,30,35)(H,31,32). The first-order valence-corrected chi connectivity index (χ1v) is 12.7. The maximum atomic E-state index is 15.2. The van der Waals surface area contributed by atoms with Gasteiger partial charge < -0.3 is 15.2 Å². The van der Waals surface area contributed by atoms with Gasteiger partial charge in [-0.1, -0.05) is 39.6 Å². The van der Waals surface area contributed by atoms with E-state index in [-0.39, 0.29) is 33.6 Å². The zero-order valence-corrected chi connectivity index (χ0v) is 21.5. The Balaban J connectivity index is 1.20. The van der Waals surface area contributed by atoms with Crippen molar-refractivity contribution in [2.45, 2.75) is 12.0 Å². The van der Waals surface area contributed by atoms with Crippen LogP contribution in [0.25, 0.3) is 39.2 Å². The molecule has 0 fully saturated rings. The molecule has 0 radical (unpaired) electrons. The van der Waals surface area contributed by atoms with Crippen LogP contribution < -0.4 is 11.3 Å². The molecule has 196 valence electrons. The molecular weight excluding hydrogens is 560 g/mol. The lowest BCUT2D eigenvalue weighted by molar-refractivity contribution is 0.444. The van der Waals surface area contributed by atoms with Gasteiger partial charge in [0.25, 0.3) is 5.56 Å². The van der Waals surface area contributed by atoms with Crippen LogP contribution in [0.1, 0.15) is 23.6 Å². The molecule has 40 heavy (non-hydrogen) atoms. The molecule has 3 N–H and O–H groups in total. The van der Waals surface area contributed by atoms with Gasteiger partial charge in [0.05, 0.1) is 40.8 Å². The number of benzene rings is 2. The van der Waals surface area contributed by atoms with E-state index in [9.17, 15) is 4.79 Å². The van der Waals surface area contributed by atoms with E-state index in [1.807, 2.05) is 6.08 Å². The number of nitrogens with two attached hydrogens (primary N) is 1. The SMILES string of the molecule is Nc1noc2c(F)c(-c3cnc(C4C5=CC5c5nc(-c6cc(Cl)ccc6-n6cc(Cl)nn6)cc(=O)n54)[nH]3)ccc12. The fourth-order valence-electron chi connectivity index (χ4n) is 5.27. The van der Waals surface area contributed by atoms with Crippen LogP contribution in [0.15, 0.2) is 69.8 Å². The van der Waals surface area contributed by atoms with Crippen molar-refractivity contribution < 1.29 is 8.91 Å². The summed E-state index contributed by atoms with van der Waals surface area (Å²) in [5.41, 5.74) is 8.71. The topological polar surface area (TPSA) is 146 Å². The van der Waals surface area contributed by atoms with Gasteiger partial charge in [-0.3, -0.25) is 9.36 Å². The number of hydrogen-bond donors (Lipinski definition) is 2. The van der Waals surface area contributed by atoms with Crippen molar-refractivity contribution in [2.75, 3.05) is 5.73 Å². The minimum atomic E-state index is -0.610. The third-order valence-corrected chi connectivity index (χ3v) is 7.55. The second kappa shape index (κ2) is 8.10. The summed E-state index contributed by atoms with van der Waals surface area (Å²) in [7, 11) is 0. The van der Waals surface area contributed by atoms with Gasteiger partial charge in [0, 0.05) is 22.2 Å². The molecule has 8 rings (SSSR count). The number of halogens is 3. The third-order valence-electron chi connectivity index (χ3n) is 7.14. The fraction of sp³-hybridized carbons (Fsp3) is 0.0769. The van der Waals surface area contributed by atoms with Gasteiger partial charge in [0.15, 0.2) is 16.8 Å². The molecule has 4 aromatic heterocycles. The number of allylic oxidation sites excluding steroid dienone is 2. The molecule has 6 aromatic rings. The molecule has 1 aliphatic carbocycles. The Hall–Kier alpha value is -4.81. The lowest BCUT2D eigenvalue weighted by Crippen LogP contribution is -2.26. The quantitative estimate of drug-likeness (QED) is 0.289. The van der Waals surface area contributed by atoms with E-state index in [4.69, 9.17) is 38.4 Å². The molecular formula is C26H14Cl2FN9O2. The smallest absolute Gasteiger partial charge is 0.255 e. The van der Waals surface area contributed by atoms with Crippen molar-refractivity contribution in [2.24, 2.45) is 0 Å². The number of fused-ring (bicyclic) bond motifs is 4. The molecule has 1 aliphatic heterocycles. The number of rotatable bonds is 4. The van der Waals surface area contributed by atoms with Gasteiger partial charge >= 0.3 is 0 Å². The lowest BCUT2D eigenvalue weighted by Gasteiger charge is -2.15. The summed E-state index contributed by atoms with van der Waals surface area (Å²) < 4.78 is 23.3. The van der Waals surface area contributed by atoms with Crippen LogP contribution in [-0.2, 0) is 0 Å². The van der Waals surface area contributed by atoms with Crippen LogP contribution >= 0.6 is 23.2 Å². The van der Waals surface area contributed by atoms with Gasteiger partial charge in [-0.15, -0.1) is 5.10 Å². The van der Waals surface area contributed by atoms with Gasteiger partial charge in [-0.2, -0.15) is 0 Å². The van der Waals surface area contributed by atoms with Crippen molar-refractivity contribution in [3.63, 3.8) is 0 Å². The number of hydrogen-bond acceptors (Lipinski definition) is 8. The van der Waals surface area contributed by atoms with Crippen molar-refractivity contribution in [1.29, 1.82) is 0 Å².